The number of carbonyl (C=O) groups excluding carboxylic acids is 1. The summed E-state index contributed by atoms with van der Waals surface area (Å²) in [5.41, 5.74) is 2.83. The summed E-state index contributed by atoms with van der Waals surface area (Å²) in [6.07, 6.45) is 2.94. The Labute approximate surface area is 170 Å². The maximum absolute atomic E-state index is 13.1. The van der Waals surface area contributed by atoms with Crippen molar-refractivity contribution in [3.05, 3.63) is 47.5 Å². The summed E-state index contributed by atoms with van der Waals surface area (Å²) in [5.74, 6) is 0.782. The Balaban J connectivity index is 1.47. The molecule has 0 atom stereocenters. The number of carbonyl (C=O) groups is 1. The molecule has 2 aromatic rings. The fourth-order valence-electron chi connectivity index (χ4n) is 3.71. The predicted molar refractivity (Wildman–Crippen MR) is 109 cm³/mol. The molecule has 0 fully saturated rings. The first-order valence-electron chi connectivity index (χ1n) is 9.79. The zero-order valence-electron chi connectivity index (χ0n) is 16.3. The number of rotatable bonds is 6. The van der Waals surface area contributed by atoms with E-state index in [0.717, 1.165) is 24.8 Å². The number of amides is 1. The van der Waals surface area contributed by atoms with Crippen LogP contribution in [0.25, 0.3) is 0 Å². The van der Waals surface area contributed by atoms with Crippen LogP contribution in [0.3, 0.4) is 0 Å². The van der Waals surface area contributed by atoms with Crippen LogP contribution in [0, 0.1) is 0 Å². The number of fused-ring (bicyclic) bond motifs is 2. The van der Waals surface area contributed by atoms with Gasteiger partial charge < -0.3 is 14.8 Å². The Hall–Kier alpha value is -2.58. The van der Waals surface area contributed by atoms with Crippen molar-refractivity contribution < 1.29 is 22.7 Å². The molecule has 7 nitrogen and oxygen atoms in total. The zero-order chi connectivity index (χ0) is 20.4. The fraction of sp³-hybridized carbons (Fsp3) is 0.381. The van der Waals surface area contributed by atoms with E-state index >= 15 is 0 Å². The number of benzene rings is 2. The van der Waals surface area contributed by atoms with Crippen LogP contribution >= 0.6 is 0 Å². The van der Waals surface area contributed by atoms with Crippen molar-refractivity contribution in [3.63, 3.8) is 0 Å². The van der Waals surface area contributed by atoms with E-state index in [1.165, 1.54) is 9.87 Å². The maximum Gasteiger partial charge on any atom is 0.243 e. The summed E-state index contributed by atoms with van der Waals surface area (Å²) in [6.45, 7) is 2.61. The molecule has 4 rings (SSSR count). The molecule has 1 amide bonds. The van der Waals surface area contributed by atoms with Gasteiger partial charge in [-0.15, -0.1) is 0 Å². The van der Waals surface area contributed by atoms with Crippen LogP contribution in [0.1, 0.15) is 24.5 Å². The minimum atomic E-state index is -3.75. The Morgan fingerprint density at radius 2 is 1.79 bits per heavy atom. The minimum absolute atomic E-state index is 0.202. The topological polar surface area (TPSA) is 84.9 Å². The molecule has 0 bridgehead atoms. The van der Waals surface area contributed by atoms with Gasteiger partial charge in [-0.2, -0.15) is 4.31 Å². The van der Waals surface area contributed by atoms with Gasteiger partial charge in [0.05, 0.1) is 11.4 Å². The van der Waals surface area contributed by atoms with E-state index in [2.05, 4.69) is 5.32 Å². The molecule has 0 saturated heterocycles. The Morgan fingerprint density at radius 3 is 2.59 bits per heavy atom. The van der Waals surface area contributed by atoms with E-state index < -0.39 is 15.9 Å². The van der Waals surface area contributed by atoms with Crippen molar-refractivity contribution >= 4 is 21.6 Å². The summed E-state index contributed by atoms with van der Waals surface area (Å²) in [7, 11) is -3.75. The number of likely N-dealkylation sites (N-methyl/N-ethyl adjacent to an activating group) is 1. The summed E-state index contributed by atoms with van der Waals surface area (Å²) < 4.78 is 38.3. The van der Waals surface area contributed by atoms with Gasteiger partial charge in [0.2, 0.25) is 15.9 Å². The van der Waals surface area contributed by atoms with Crippen molar-refractivity contribution in [3.8, 4) is 11.5 Å². The molecule has 154 valence electrons. The third-order valence-electron chi connectivity index (χ3n) is 5.21. The average molecular weight is 416 g/mol. The first-order chi connectivity index (χ1) is 14.0. The Bertz CT molecular complexity index is 1040. The summed E-state index contributed by atoms with van der Waals surface area (Å²) >= 11 is 0. The van der Waals surface area contributed by atoms with Crippen molar-refractivity contribution in [1.29, 1.82) is 0 Å². The van der Waals surface area contributed by atoms with E-state index in [1.54, 1.807) is 37.3 Å². The molecule has 0 spiro atoms. The first-order valence-corrected chi connectivity index (χ1v) is 11.2. The van der Waals surface area contributed by atoms with Crippen molar-refractivity contribution in [1.82, 2.24) is 4.31 Å². The smallest absolute Gasteiger partial charge is 0.243 e. The minimum Gasteiger partial charge on any atom is -0.486 e. The molecule has 1 aliphatic heterocycles. The normalized spacial score (nSPS) is 15.2. The van der Waals surface area contributed by atoms with Gasteiger partial charge in [0.25, 0.3) is 0 Å². The lowest BCUT2D eigenvalue weighted by Gasteiger charge is -2.21. The molecule has 0 radical (unpaired) electrons. The van der Waals surface area contributed by atoms with E-state index in [1.807, 2.05) is 6.07 Å². The maximum atomic E-state index is 13.1. The molecule has 0 aromatic heterocycles. The molecular weight excluding hydrogens is 392 g/mol. The second-order valence-corrected chi connectivity index (χ2v) is 9.06. The molecule has 1 N–H and O–H groups in total. The highest BCUT2D eigenvalue weighted by molar-refractivity contribution is 7.89. The molecule has 2 aliphatic rings. The zero-order valence-corrected chi connectivity index (χ0v) is 17.1. The second kappa shape index (κ2) is 8.04. The molecule has 0 unspecified atom stereocenters. The fourth-order valence-corrected chi connectivity index (χ4v) is 5.16. The van der Waals surface area contributed by atoms with Crippen molar-refractivity contribution in [2.24, 2.45) is 0 Å². The van der Waals surface area contributed by atoms with Gasteiger partial charge >= 0.3 is 0 Å². The first kappa shape index (κ1) is 19.7. The lowest BCUT2D eigenvalue weighted by molar-refractivity contribution is -0.116. The second-order valence-electron chi connectivity index (χ2n) is 7.12. The van der Waals surface area contributed by atoms with E-state index in [-0.39, 0.29) is 18.0 Å². The molecule has 2 aromatic carbocycles. The highest BCUT2D eigenvalue weighted by Crippen LogP contribution is 2.32. The summed E-state index contributed by atoms with van der Waals surface area (Å²) in [5, 5.41) is 2.74. The lowest BCUT2D eigenvalue weighted by Crippen LogP contribution is -2.37. The number of hydrogen-bond donors (Lipinski definition) is 1. The molecule has 1 aliphatic carbocycles. The average Bonchev–Trinajstić information content (AvgIpc) is 3.19. The van der Waals surface area contributed by atoms with E-state index in [4.69, 9.17) is 9.47 Å². The van der Waals surface area contributed by atoms with Crippen LogP contribution in [0.5, 0.6) is 11.5 Å². The van der Waals surface area contributed by atoms with Crippen LogP contribution in [0.15, 0.2) is 41.3 Å². The number of nitrogens with one attached hydrogen (secondary N) is 1. The van der Waals surface area contributed by atoms with Crippen LogP contribution in [0.4, 0.5) is 5.69 Å². The molecule has 1 heterocycles. The van der Waals surface area contributed by atoms with Crippen molar-refractivity contribution in [2.45, 2.75) is 31.1 Å². The predicted octanol–water partition coefficient (Wildman–Crippen LogP) is 2.60. The Morgan fingerprint density at radius 1 is 1.03 bits per heavy atom. The quantitative estimate of drug-likeness (QED) is 0.782. The van der Waals surface area contributed by atoms with Gasteiger partial charge in [0.1, 0.15) is 13.2 Å². The summed E-state index contributed by atoms with van der Waals surface area (Å²) in [4.78, 5) is 12.8. The van der Waals surface area contributed by atoms with Gasteiger partial charge in [-0.1, -0.05) is 13.0 Å². The van der Waals surface area contributed by atoms with Crippen LogP contribution < -0.4 is 14.8 Å². The molecular formula is C21H24N2O5S. The highest BCUT2D eigenvalue weighted by Gasteiger charge is 2.27. The van der Waals surface area contributed by atoms with Gasteiger partial charge in [0, 0.05) is 18.3 Å². The van der Waals surface area contributed by atoms with Gasteiger partial charge in [-0.3, -0.25) is 4.79 Å². The number of anilines is 1. The number of hydrogen-bond acceptors (Lipinski definition) is 5. The number of sulfonamides is 1. The monoisotopic (exact) mass is 416 g/mol. The highest BCUT2D eigenvalue weighted by atomic mass is 32.2. The number of ether oxygens (including phenoxy) is 2. The third-order valence-corrected chi connectivity index (χ3v) is 7.12. The lowest BCUT2D eigenvalue weighted by atomic mass is 10.1. The van der Waals surface area contributed by atoms with Gasteiger partial charge in [-0.25, -0.2) is 8.42 Å². The Kier molecular flexibility index (Phi) is 5.47. The number of nitrogens with zero attached hydrogens (tertiary/aromatic N) is 1. The van der Waals surface area contributed by atoms with E-state index in [9.17, 15) is 13.2 Å². The van der Waals surface area contributed by atoms with Crippen molar-refractivity contribution in [2.75, 3.05) is 31.6 Å². The van der Waals surface area contributed by atoms with Crippen LogP contribution in [0.2, 0.25) is 0 Å². The van der Waals surface area contributed by atoms with Crippen LogP contribution in [-0.4, -0.2) is 44.9 Å². The standard InChI is InChI=1S/C21H24N2O5S/c1-2-23(29(25,26)18-8-6-15-4-3-5-16(15)12-18)14-21(24)22-17-7-9-19-20(13-17)28-11-10-27-19/h6-9,12-13H,2-5,10-11,14H2,1H3,(H,22,24). The van der Waals surface area contributed by atoms with E-state index in [0.29, 0.717) is 30.4 Å². The summed E-state index contributed by atoms with van der Waals surface area (Å²) in [6, 6.07) is 10.4. The largest absolute Gasteiger partial charge is 0.486 e. The SMILES string of the molecule is CCN(CC(=O)Nc1ccc2c(c1)OCCO2)S(=O)(=O)c1ccc2c(c1)CCC2. The van der Waals surface area contributed by atoms with Gasteiger partial charge in [-0.05, 0) is 54.7 Å². The van der Waals surface area contributed by atoms with Crippen LogP contribution in [-0.2, 0) is 27.7 Å². The molecule has 8 heteroatoms. The third kappa shape index (κ3) is 4.09. The molecule has 29 heavy (non-hydrogen) atoms. The number of aryl methyl sites for hydroxylation is 2. The van der Waals surface area contributed by atoms with Gasteiger partial charge in [0.15, 0.2) is 11.5 Å². The molecule has 0 saturated carbocycles.